The van der Waals surface area contributed by atoms with Gasteiger partial charge < -0.3 is 15.2 Å². The fourth-order valence-electron chi connectivity index (χ4n) is 3.23. The van der Waals surface area contributed by atoms with Crippen LogP contribution in [0.3, 0.4) is 0 Å². The van der Waals surface area contributed by atoms with E-state index < -0.39 is 15.9 Å². The number of nitrogens with one attached hydrogen (secondary N) is 2. The first-order valence-electron chi connectivity index (χ1n) is 8.73. The second-order valence-electron chi connectivity index (χ2n) is 6.45. The number of sulfonamides is 1. The van der Waals surface area contributed by atoms with E-state index in [-0.39, 0.29) is 29.5 Å². The van der Waals surface area contributed by atoms with E-state index in [9.17, 15) is 18.0 Å². The predicted molar refractivity (Wildman–Crippen MR) is 91.5 cm³/mol. The van der Waals surface area contributed by atoms with Crippen molar-refractivity contribution in [2.45, 2.75) is 37.0 Å². The zero-order chi connectivity index (χ0) is 17.9. The van der Waals surface area contributed by atoms with Crippen LogP contribution < -0.4 is 5.32 Å². The lowest BCUT2D eigenvalue weighted by Crippen LogP contribution is -2.32. The number of amides is 2. The van der Waals surface area contributed by atoms with Gasteiger partial charge >= 0.3 is 0 Å². The number of H-pyrrole nitrogens is 1. The first-order valence-corrected chi connectivity index (χ1v) is 10.2. The Labute approximate surface area is 147 Å². The summed E-state index contributed by atoms with van der Waals surface area (Å²) < 4.78 is 26.3. The topological polar surface area (TPSA) is 103 Å². The molecule has 2 N–H and O–H groups in total. The molecule has 8 nitrogen and oxygen atoms in total. The molecule has 0 saturated carbocycles. The maximum atomic E-state index is 12.4. The lowest BCUT2D eigenvalue weighted by Gasteiger charge is -2.15. The van der Waals surface area contributed by atoms with Gasteiger partial charge in [-0.1, -0.05) is 0 Å². The fourth-order valence-corrected chi connectivity index (χ4v) is 4.75. The van der Waals surface area contributed by atoms with E-state index in [0.29, 0.717) is 13.1 Å². The second-order valence-corrected chi connectivity index (χ2v) is 8.39. The highest BCUT2D eigenvalue weighted by molar-refractivity contribution is 7.89. The number of hydrogen-bond acceptors (Lipinski definition) is 4. The van der Waals surface area contributed by atoms with Crippen molar-refractivity contribution in [3.63, 3.8) is 0 Å². The standard InChI is InChI=1S/C16H24N4O4S/c21-15(19-7-1-2-8-19)5-6-17-16(22)14-11-13(12-18-14)25(23,24)20-9-3-4-10-20/h11-12,18H,1-10H2,(H,17,22). The molecule has 138 valence electrons. The van der Waals surface area contributed by atoms with Gasteiger partial charge in [-0.3, -0.25) is 9.59 Å². The highest BCUT2D eigenvalue weighted by Gasteiger charge is 2.28. The van der Waals surface area contributed by atoms with E-state index in [1.165, 1.54) is 16.6 Å². The van der Waals surface area contributed by atoms with Crippen LogP contribution in [0.1, 0.15) is 42.6 Å². The number of likely N-dealkylation sites (tertiary alicyclic amines) is 1. The molecule has 1 aromatic rings. The SMILES string of the molecule is O=C(NCCC(=O)N1CCCC1)c1cc(S(=O)(=O)N2CCCC2)c[nH]1. The Morgan fingerprint density at radius 3 is 2.40 bits per heavy atom. The molecule has 2 fully saturated rings. The summed E-state index contributed by atoms with van der Waals surface area (Å²) in [4.78, 5) is 28.7. The largest absolute Gasteiger partial charge is 0.356 e. The molecule has 3 heterocycles. The van der Waals surface area contributed by atoms with Crippen molar-refractivity contribution in [3.8, 4) is 0 Å². The van der Waals surface area contributed by atoms with Gasteiger partial charge in [-0.15, -0.1) is 0 Å². The molecule has 2 amide bonds. The highest BCUT2D eigenvalue weighted by Crippen LogP contribution is 2.21. The van der Waals surface area contributed by atoms with Crippen molar-refractivity contribution in [1.29, 1.82) is 0 Å². The average Bonchev–Trinajstić information content (AvgIpc) is 3.37. The fraction of sp³-hybridized carbons (Fsp3) is 0.625. The Balaban J connectivity index is 1.53. The van der Waals surface area contributed by atoms with Gasteiger partial charge in [0.1, 0.15) is 10.6 Å². The highest BCUT2D eigenvalue weighted by atomic mass is 32.2. The lowest BCUT2D eigenvalue weighted by atomic mass is 10.3. The summed E-state index contributed by atoms with van der Waals surface area (Å²) in [6, 6.07) is 1.35. The van der Waals surface area contributed by atoms with Crippen molar-refractivity contribution < 1.29 is 18.0 Å². The van der Waals surface area contributed by atoms with Crippen LogP contribution in [0.4, 0.5) is 0 Å². The molecule has 2 saturated heterocycles. The van der Waals surface area contributed by atoms with E-state index in [0.717, 1.165) is 38.8 Å². The molecule has 0 spiro atoms. The number of rotatable bonds is 6. The molecule has 25 heavy (non-hydrogen) atoms. The van der Waals surface area contributed by atoms with Crippen molar-refractivity contribution in [2.24, 2.45) is 0 Å². The van der Waals surface area contributed by atoms with Crippen molar-refractivity contribution >= 4 is 21.8 Å². The molecule has 2 aliphatic rings. The van der Waals surface area contributed by atoms with Crippen LogP contribution in [0, 0.1) is 0 Å². The third-order valence-electron chi connectivity index (χ3n) is 4.69. The Morgan fingerprint density at radius 1 is 1.08 bits per heavy atom. The third-order valence-corrected chi connectivity index (χ3v) is 6.56. The third kappa shape index (κ3) is 4.04. The summed E-state index contributed by atoms with van der Waals surface area (Å²) in [6.07, 6.45) is 5.40. The van der Waals surface area contributed by atoms with Gasteiger partial charge in [0.25, 0.3) is 5.91 Å². The molecule has 0 atom stereocenters. The quantitative estimate of drug-likeness (QED) is 0.765. The van der Waals surface area contributed by atoms with E-state index in [1.807, 2.05) is 4.90 Å². The average molecular weight is 368 g/mol. The second kappa shape index (κ2) is 7.57. The smallest absolute Gasteiger partial charge is 0.267 e. The molecule has 9 heteroatoms. The molecule has 1 aromatic heterocycles. The monoisotopic (exact) mass is 368 g/mol. The Bertz CT molecular complexity index is 731. The molecule has 3 rings (SSSR count). The van der Waals surface area contributed by atoms with Crippen molar-refractivity contribution in [1.82, 2.24) is 19.5 Å². The summed E-state index contributed by atoms with van der Waals surface area (Å²) in [5.74, 6) is -0.362. The summed E-state index contributed by atoms with van der Waals surface area (Å²) in [6.45, 7) is 2.87. The Morgan fingerprint density at radius 2 is 1.72 bits per heavy atom. The summed E-state index contributed by atoms with van der Waals surface area (Å²) in [7, 11) is -3.54. The zero-order valence-corrected chi connectivity index (χ0v) is 15.0. The minimum absolute atomic E-state index is 0.0431. The van der Waals surface area contributed by atoms with E-state index in [1.54, 1.807) is 0 Å². The zero-order valence-electron chi connectivity index (χ0n) is 14.2. The number of hydrogen-bond donors (Lipinski definition) is 2. The number of aromatic nitrogens is 1. The minimum atomic E-state index is -3.54. The van der Waals surface area contributed by atoms with Crippen LogP contribution in [0.25, 0.3) is 0 Å². The van der Waals surface area contributed by atoms with Gasteiger partial charge in [-0.25, -0.2) is 8.42 Å². The van der Waals surface area contributed by atoms with Crippen LogP contribution in [0.15, 0.2) is 17.2 Å². The van der Waals surface area contributed by atoms with E-state index in [2.05, 4.69) is 10.3 Å². The number of aromatic amines is 1. The van der Waals surface area contributed by atoms with E-state index in [4.69, 9.17) is 0 Å². The number of carbonyl (C=O) groups excluding carboxylic acids is 2. The molecule has 2 aliphatic heterocycles. The molecule has 0 aliphatic carbocycles. The van der Waals surface area contributed by atoms with Crippen LogP contribution in [0.5, 0.6) is 0 Å². The van der Waals surface area contributed by atoms with Gasteiger partial charge in [-0.05, 0) is 31.7 Å². The van der Waals surface area contributed by atoms with Gasteiger partial charge in [-0.2, -0.15) is 4.31 Å². The van der Waals surface area contributed by atoms with Gasteiger partial charge in [0.05, 0.1) is 0 Å². The normalized spacial score (nSPS) is 18.6. The molecular formula is C16H24N4O4S. The molecule has 0 aromatic carbocycles. The molecule has 0 radical (unpaired) electrons. The van der Waals surface area contributed by atoms with Crippen LogP contribution in [-0.4, -0.2) is 67.1 Å². The molecule has 0 bridgehead atoms. The first-order chi connectivity index (χ1) is 12.0. The lowest BCUT2D eigenvalue weighted by molar-refractivity contribution is -0.129. The first kappa shape index (κ1) is 17.9. The predicted octanol–water partition coefficient (Wildman–Crippen LogP) is 0.542. The van der Waals surface area contributed by atoms with Gasteiger partial charge in [0.15, 0.2) is 0 Å². The van der Waals surface area contributed by atoms with Gasteiger partial charge in [0, 0.05) is 45.3 Å². The van der Waals surface area contributed by atoms with Crippen LogP contribution >= 0.6 is 0 Å². The Kier molecular flexibility index (Phi) is 5.43. The van der Waals surface area contributed by atoms with E-state index >= 15 is 0 Å². The number of nitrogens with zero attached hydrogens (tertiary/aromatic N) is 2. The molecular weight excluding hydrogens is 344 g/mol. The summed E-state index contributed by atoms with van der Waals surface area (Å²) in [5, 5.41) is 2.66. The minimum Gasteiger partial charge on any atom is -0.356 e. The maximum absolute atomic E-state index is 12.4. The van der Waals surface area contributed by atoms with Crippen molar-refractivity contribution in [2.75, 3.05) is 32.7 Å². The van der Waals surface area contributed by atoms with Crippen LogP contribution in [-0.2, 0) is 14.8 Å². The summed E-state index contributed by atoms with van der Waals surface area (Å²) >= 11 is 0. The summed E-state index contributed by atoms with van der Waals surface area (Å²) in [5.41, 5.74) is 0.186. The number of carbonyl (C=O) groups is 2. The van der Waals surface area contributed by atoms with Crippen LogP contribution in [0.2, 0.25) is 0 Å². The van der Waals surface area contributed by atoms with Crippen molar-refractivity contribution in [3.05, 3.63) is 18.0 Å². The molecule has 0 unspecified atom stereocenters. The Hall–Kier alpha value is -1.87. The van der Waals surface area contributed by atoms with Gasteiger partial charge in [0.2, 0.25) is 15.9 Å². The maximum Gasteiger partial charge on any atom is 0.267 e.